The number of anilines is 2. The second-order valence-electron chi connectivity index (χ2n) is 8.19. The van der Waals surface area contributed by atoms with Crippen LogP contribution in [0.25, 0.3) is 0 Å². The largest absolute Gasteiger partial charge is 0.384 e. The number of nitrogens with two attached hydrogens (primary N) is 1. The molecule has 0 aromatic heterocycles. The van der Waals surface area contributed by atoms with Crippen LogP contribution in [0.1, 0.15) is 30.4 Å². The number of Topliss-reactive ketones (excluding diaryl/α,β-unsaturated/α-hetero) is 1. The van der Waals surface area contributed by atoms with E-state index in [2.05, 4.69) is 11.4 Å². The lowest BCUT2D eigenvalue weighted by molar-refractivity contribution is -0.122. The summed E-state index contributed by atoms with van der Waals surface area (Å²) in [7, 11) is 0. The summed E-state index contributed by atoms with van der Waals surface area (Å²) in [6.45, 7) is 1.90. The molecule has 32 heavy (non-hydrogen) atoms. The molecule has 2 aromatic carbocycles. The van der Waals surface area contributed by atoms with Gasteiger partial charge in [-0.3, -0.25) is 14.5 Å². The Bertz CT molecular complexity index is 1320. The van der Waals surface area contributed by atoms with Gasteiger partial charge in [-0.15, -0.1) is 0 Å². The molecule has 8 heteroatoms. The van der Waals surface area contributed by atoms with Crippen molar-refractivity contribution in [2.75, 3.05) is 10.2 Å². The first-order valence-electron chi connectivity index (χ1n) is 10.1. The molecule has 1 amide bonds. The molecule has 0 fully saturated rings. The Morgan fingerprint density at radius 3 is 2.53 bits per heavy atom. The first-order valence-corrected chi connectivity index (χ1v) is 10.9. The van der Waals surface area contributed by atoms with E-state index in [1.807, 2.05) is 19.1 Å². The number of benzene rings is 2. The number of carbonyl (C=O) groups excluding carboxylic acids is 2. The molecule has 1 aliphatic carbocycles. The lowest BCUT2D eigenvalue weighted by Gasteiger charge is -2.43. The molecule has 0 bridgehead atoms. The Morgan fingerprint density at radius 2 is 1.84 bits per heavy atom. The van der Waals surface area contributed by atoms with Crippen molar-refractivity contribution in [3.8, 4) is 6.07 Å². The van der Waals surface area contributed by atoms with E-state index in [1.165, 1.54) is 0 Å². The third kappa shape index (κ3) is 2.65. The molecule has 1 unspecified atom stereocenters. The van der Waals surface area contributed by atoms with E-state index < -0.39 is 11.3 Å². The summed E-state index contributed by atoms with van der Waals surface area (Å²) in [5, 5.41) is 13.9. The number of nitrogens with zero attached hydrogens (tertiary/aromatic N) is 2. The highest BCUT2D eigenvalue weighted by Gasteiger charge is 2.60. The second kappa shape index (κ2) is 7.13. The highest BCUT2D eigenvalue weighted by atomic mass is 35.5. The number of aryl methyl sites for hydroxylation is 1. The minimum Gasteiger partial charge on any atom is -0.384 e. The van der Waals surface area contributed by atoms with E-state index in [1.54, 1.807) is 29.2 Å². The SMILES string of the molecule is Cc1ccc2c(c1)C1(C(=O)N2)C(C#N)=C(N)N(c2cc(Cl)cc(Cl)c2)C2=C1C(=O)CCC2. The van der Waals surface area contributed by atoms with Crippen molar-refractivity contribution in [1.29, 1.82) is 5.26 Å². The van der Waals surface area contributed by atoms with Crippen LogP contribution in [-0.4, -0.2) is 11.7 Å². The van der Waals surface area contributed by atoms with E-state index >= 15 is 0 Å². The predicted molar refractivity (Wildman–Crippen MR) is 123 cm³/mol. The number of amides is 1. The van der Waals surface area contributed by atoms with Gasteiger partial charge in [0.2, 0.25) is 5.91 Å². The molecule has 0 radical (unpaired) electrons. The Balaban J connectivity index is 1.90. The number of nitrogens with one attached hydrogen (secondary N) is 1. The lowest BCUT2D eigenvalue weighted by atomic mass is 9.63. The van der Waals surface area contributed by atoms with Crippen molar-refractivity contribution >= 4 is 46.3 Å². The van der Waals surface area contributed by atoms with E-state index in [-0.39, 0.29) is 23.6 Å². The molecule has 160 valence electrons. The van der Waals surface area contributed by atoms with E-state index in [4.69, 9.17) is 28.9 Å². The van der Waals surface area contributed by atoms with Gasteiger partial charge < -0.3 is 11.1 Å². The average molecular weight is 465 g/mol. The highest BCUT2D eigenvalue weighted by Crippen LogP contribution is 2.55. The predicted octanol–water partition coefficient (Wildman–Crippen LogP) is 4.71. The van der Waals surface area contributed by atoms with Crippen molar-refractivity contribution in [2.24, 2.45) is 5.73 Å². The number of fused-ring (bicyclic) bond motifs is 3. The molecule has 2 aromatic rings. The van der Waals surface area contributed by atoms with Crippen molar-refractivity contribution in [3.63, 3.8) is 0 Å². The zero-order valence-electron chi connectivity index (χ0n) is 17.1. The molecule has 0 saturated heterocycles. The molecule has 2 aliphatic heterocycles. The van der Waals surface area contributed by atoms with Crippen LogP contribution >= 0.6 is 23.2 Å². The molecule has 5 rings (SSSR count). The fourth-order valence-electron chi connectivity index (χ4n) is 5.07. The fourth-order valence-corrected chi connectivity index (χ4v) is 5.58. The molecular weight excluding hydrogens is 447 g/mol. The summed E-state index contributed by atoms with van der Waals surface area (Å²) in [4.78, 5) is 28.7. The Kier molecular flexibility index (Phi) is 4.59. The molecular formula is C24H18Cl2N4O2. The first kappa shape index (κ1) is 20.6. The van der Waals surface area contributed by atoms with Crippen molar-refractivity contribution < 1.29 is 9.59 Å². The molecule has 3 aliphatic rings. The number of halogens is 2. The minimum atomic E-state index is -1.58. The number of hydrogen-bond acceptors (Lipinski definition) is 5. The second-order valence-corrected chi connectivity index (χ2v) is 9.06. The van der Waals surface area contributed by atoms with Gasteiger partial charge in [0.05, 0.1) is 11.3 Å². The van der Waals surface area contributed by atoms with Crippen LogP contribution in [0.5, 0.6) is 0 Å². The highest BCUT2D eigenvalue weighted by molar-refractivity contribution is 6.35. The van der Waals surface area contributed by atoms with Gasteiger partial charge in [-0.1, -0.05) is 40.9 Å². The van der Waals surface area contributed by atoms with Crippen molar-refractivity contribution in [3.05, 3.63) is 80.2 Å². The van der Waals surface area contributed by atoms with Gasteiger partial charge >= 0.3 is 0 Å². The topological polar surface area (TPSA) is 99.2 Å². The number of ketones is 1. The number of carbonyl (C=O) groups is 2. The van der Waals surface area contributed by atoms with Crippen LogP contribution in [0.3, 0.4) is 0 Å². The van der Waals surface area contributed by atoms with Gasteiger partial charge in [-0.25, -0.2) is 0 Å². The van der Waals surface area contributed by atoms with Crippen LogP contribution in [-0.2, 0) is 15.0 Å². The van der Waals surface area contributed by atoms with E-state index in [9.17, 15) is 14.9 Å². The van der Waals surface area contributed by atoms with Gasteiger partial charge in [-0.05, 0) is 44.0 Å². The van der Waals surface area contributed by atoms with Gasteiger partial charge in [0.1, 0.15) is 17.3 Å². The average Bonchev–Trinajstić information content (AvgIpc) is 3.00. The monoisotopic (exact) mass is 464 g/mol. The number of allylic oxidation sites excluding steroid dienone is 1. The number of nitriles is 1. The summed E-state index contributed by atoms with van der Waals surface area (Å²) in [5.74, 6) is -0.526. The maximum absolute atomic E-state index is 13.6. The third-order valence-corrected chi connectivity index (χ3v) is 6.72. The van der Waals surface area contributed by atoms with Gasteiger partial charge in [0.25, 0.3) is 0 Å². The normalized spacial score (nSPS) is 22.1. The van der Waals surface area contributed by atoms with E-state index in [0.29, 0.717) is 51.1 Å². The van der Waals surface area contributed by atoms with Crippen LogP contribution in [0.15, 0.2) is 59.1 Å². The Labute approximate surface area is 194 Å². The lowest BCUT2D eigenvalue weighted by Crippen LogP contribution is -2.50. The van der Waals surface area contributed by atoms with E-state index in [0.717, 1.165) is 5.56 Å². The molecule has 1 atom stereocenters. The molecule has 6 nitrogen and oxygen atoms in total. The zero-order valence-corrected chi connectivity index (χ0v) is 18.6. The van der Waals surface area contributed by atoms with Gasteiger partial charge in [0, 0.05) is 39.0 Å². The molecule has 0 saturated carbocycles. The smallest absolute Gasteiger partial charge is 0.245 e. The number of rotatable bonds is 1. The van der Waals surface area contributed by atoms with Crippen molar-refractivity contribution in [2.45, 2.75) is 31.6 Å². The van der Waals surface area contributed by atoms with Crippen molar-refractivity contribution in [1.82, 2.24) is 0 Å². The maximum Gasteiger partial charge on any atom is 0.245 e. The molecule has 3 N–H and O–H groups in total. The first-order chi connectivity index (χ1) is 15.3. The zero-order chi connectivity index (χ0) is 22.8. The van der Waals surface area contributed by atoms with Gasteiger partial charge in [0.15, 0.2) is 5.78 Å². The maximum atomic E-state index is 13.6. The summed E-state index contributed by atoms with van der Waals surface area (Å²) in [5.41, 5.74) is 8.53. The molecule has 1 spiro atoms. The summed E-state index contributed by atoms with van der Waals surface area (Å²) >= 11 is 12.5. The summed E-state index contributed by atoms with van der Waals surface area (Å²) < 4.78 is 0. The standard InChI is InChI=1S/C24H18Cl2N4O2/c1-12-5-6-18-16(7-12)24(23(32)29-18)17(11-27)22(28)30(15-9-13(25)8-14(26)10-15)19-3-2-4-20(31)21(19)24/h5-10H,2-4,28H2,1H3,(H,29,32). The third-order valence-electron chi connectivity index (χ3n) is 6.29. The fraction of sp³-hybridized carbons (Fsp3) is 0.208. The summed E-state index contributed by atoms with van der Waals surface area (Å²) in [6, 6.07) is 12.6. The van der Waals surface area contributed by atoms with Crippen LogP contribution in [0.4, 0.5) is 11.4 Å². The Morgan fingerprint density at radius 1 is 1.12 bits per heavy atom. The summed E-state index contributed by atoms with van der Waals surface area (Å²) in [6.07, 6.45) is 1.41. The van der Waals surface area contributed by atoms with Crippen LogP contribution in [0, 0.1) is 18.3 Å². The quantitative estimate of drug-likeness (QED) is 0.636. The Hall–Kier alpha value is -3.27. The minimum absolute atomic E-state index is 0.0180. The van der Waals surface area contributed by atoms with Gasteiger partial charge in [-0.2, -0.15) is 5.26 Å². The number of hydrogen-bond donors (Lipinski definition) is 2. The van der Waals surface area contributed by atoms with Crippen LogP contribution < -0.4 is 16.0 Å². The molecule has 2 heterocycles. The van der Waals surface area contributed by atoms with Crippen LogP contribution in [0.2, 0.25) is 10.0 Å².